The van der Waals surface area contributed by atoms with E-state index >= 15 is 0 Å². The van der Waals surface area contributed by atoms with Gasteiger partial charge in [0.05, 0.1) is 29.9 Å². The number of esters is 1. The van der Waals surface area contributed by atoms with Gasteiger partial charge in [-0.2, -0.15) is 13.2 Å². The van der Waals surface area contributed by atoms with E-state index in [2.05, 4.69) is 5.32 Å². The third kappa shape index (κ3) is 7.50. The maximum absolute atomic E-state index is 14.6. The lowest BCUT2D eigenvalue weighted by Gasteiger charge is -2.49. The summed E-state index contributed by atoms with van der Waals surface area (Å²) in [6.07, 6.45) is -10.8. The summed E-state index contributed by atoms with van der Waals surface area (Å²) in [6.45, 7) is 12.1. The van der Waals surface area contributed by atoms with Crippen molar-refractivity contribution in [2.24, 2.45) is 17.3 Å². The van der Waals surface area contributed by atoms with Crippen LogP contribution >= 0.6 is 0 Å². The summed E-state index contributed by atoms with van der Waals surface area (Å²) in [6, 6.07) is -2.86. The first-order valence-corrected chi connectivity index (χ1v) is 17.4. The Morgan fingerprint density at radius 2 is 1.76 bits per heavy atom. The van der Waals surface area contributed by atoms with Gasteiger partial charge in [-0.05, 0) is 80.3 Å². The highest BCUT2D eigenvalue weighted by molar-refractivity contribution is 6.04. The number of carbonyl (C=O) groups is 4. The summed E-state index contributed by atoms with van der Waals surface area (Å²) in [4.78, 5) is 57.0. The smallest absolute Gasteiger partial charge is 0.457 e. The van der Waals surface area contributed by atoms with Gasteiger partial charge in [0.1, 0.15) is 17.6 Å². The van der Waals surface area contributed by atoms with E-state index in [4.69, 9.17) is 23.7 Å². The van der Waals surface area contributed by atoms with Gasteiger partial charge in [0, 0.05) is 25.1 Å². The SMILES string of the molecule is CC[C@H]1OC(=O)[C@@]2(C)CCO[C@@](C)(C[C@@H](C)CN(C(=O)C(F)(F)F)[C@H](C)[C@H]3NC(=O)O[C@@]31C)[C@H](O[C@@H]1OC(C)CC(N(C)C)C1O)[C@@H](C)C2=O. The molecule has 5 aliphatic rings. The highest BCUT2D eigenvalue weighted by Gasteiger charge is 2.60. The molecule has 2 N–H and O–H groups in total. The fourth-order valence-electron chi connectivity index (χ4n) is 8.46. The van der Waals surface area contributed by atoms with E-state index in [1.165, 1.54) is 20.8 Å². The van der Waals surface area contributed by atoms with Gasteiger partial charge in [-0.25, -0.2) is 4.79 Å². The molecule has 5 aliphatic heterocycles. The average molecular weight is 722 g/mol. The third-order valence-electron chi connectivity index (χ3n) is 11.3. The number of fused-ring (bicyclic) bond motifs is 10. The van der Waals surface area contributed by atoms with Crippen molar-refractivity contribution < 1.29 is 61.1 Å². The number of alkyl halides is 3. The number of halogens is 3. The number of alkyl carbamates (subject to hydrolysis) is 1. The summed E-state index contributed by atoms with van der Waals surface area (Å²) in [5.41, 5.74) is -4.85. The maximum Gasteiger partial charge on any atom is 0.471 e. The second-order valence-electron chi connectivity index (χ2n) is 15.5. The molecular weight excluding hydrogens is 667 g/mol. The number of amides is 2. The van der Waals surface area contributed by atoms with Crippen molar-refractivity contribution in [3.63, 3.8) is 0 Å². The van der Waals surface area contributed by atoms with Gasteiger partial charge in [0.15, 0.2) is 17.7 Å². The molecular formula is C34H54F3N3O10. The largest absolute Gasteiger partial charge is 0.471 e. The third-order valence-corrected chi connectivity index (χ3v) is 11.3. The molecule has 0 radical (unpaired) electrons. The molecule has 5 rings (SSSR count). The summed E-state index contributed by atoms with van der Waals surface area (Å²) in [5, 5.41) is 13.9. The average Bonchev–Trinajstić information content (AvgIpc) is 3.33. The molecule has 0 spiro atoms. The van der Waals surface area contributed by atoms with Crippen molar-refractivity contribution in [3.05, 3.63) is 0 Å². The highest BCUT2D eigenvalue weighted by atomic mass is 19.4. The summed E-state index contributed by atoms with van der Waals surface area (Å²) in [7, 11) is 3.63. The number of hydrogen-bond donors (Lipinski definition) is 2. The Kier molecular flexibility index (Phi) is 11.7. The molecule has 0 aromatic carbocycles. The lowest BCUT2D eigenvalue weighted by atomic mass is 9.70. The first-order valence-electron chi connectivity index (χ1n) is 17.4. The van der Waals surface area contributed by atoms with E-state index in [1.807, 2.05) is 25.9 Å². The molecule has 50 heavy (non-hydrogen) atoms. The van der Waals surface area contributed by atoms with E-state index in [0.29, 0.717) is 11.3 Å². The van der Waals surface area contributed by atoms with Gasteiger partial charge in [-0.1, -0.05) is 20.8 Å². The summed E-state index contributed by atoms with van der Waals surface area (Å²) in [5.74, 6) is -5.32. The number of ketones is 1. The topological polar surface area (TPSA) is 153 Å². The number of nitrogens with zero attached hydrogens (tertiary/aromatic N) is 2. The van der Waals surface area contributed by atoms with Crippen LogP contribution in [0.2, 0.25) is 0 Å². The van der Waals surface area contributed by atoms with Crippen LogP contribution in [0, 0.1) is 17.3 Å². The Morgan fingerprint density at radius 1 is 1.12 bits per heavy atom. The molecule has 2 bridgehead atoms. The van der Waals surface area contributed by atoms with Gasteiger partial charge in [-0.3, -0.25) is 14.4 Å². The number of Topliss-reactive ketones (excluding diaryl/α,β-unsaturated/α-hetero) is 1. The van der Waals surface area contributed by atoms with Crippen LogP contribution in [0.3, 0.4) is 0 Å². The number of ether oxygens (including phenoxy) is 5. The molecule has 0 aromatic rings. The molecule has 0 saturated carbocycles. The first kappa shape index (κ1) is 40.2. The summed E-state index contributed by atoms with van der Waals surface area (Å²) < 4.78 is 73.2. The van der Waals surface area contributed by atoms with Crippen molar-refractivity contribution >= 4 is 23.8 Å². The van der Waals surface area contributed by atoms with Crippen LogP contribution < -0.4 is 5.32 Å². The van der Waals surface area contributed by atoms with Crippen molar-refractivity contribution in [1.29, 1.82) is 0 Å². The van der Waals surface area contributed by atoms with Crippen LogP contribution in [0.25, 0.3) is 0 Å². The quantitative estimate of drug-likeness (QED) is 0.325. The van der Waals surface area contributed by atoms with E-state index in [-0.39, 0.29) is 38.0 Å². The van der Waals surface area contributed by atoms with Gasteiger partial charge < -0.3 is 43.9 Å². The van der Waals surface area contributed by atoms with Crippen LogP contribution in [0.15, 0.2) is 0 Å². The standard InChI is InChI=1S/C34H54F3N3O10/c1-11-22-33(8)24(38-30(45)50-33)20(5)40(28(43)34(35,36)37)16-17(2)15-32(7)26(49-27-23(41)21(39(9)10)14-18(3)47-27)19(4)25(42)31(6,12-13-46-32)29(44)48-22/h17-24,26-27,41H,11-16H2,1-10H3,(H,38,45)/t17-,18?,19+,20-,21?,22-,23?,24-,26-,27+,31+,32+,33-/m1/s1. The van der Waals surface area contributed by atoms with Crippen LogP contribution in [0.1, 0.15) is 81.1 Å². The molecule has 3 unspecified atom stereocenters. The van der Waals surface area contributed by atoms with Crippen molar-refractivity contribution in [2.45, 2.75) is 147 Å². The number of hydrogen-bond acceptors (Lipinski definition) is 11. The second-order valence-corrected chi connectivity index (χ2v) is 15.5. The molecule has 286 valence electrons. The zero-order valence-electron chi connectivity index (χ0n) is 30.7. The van der Waals surface area contributed by atoms with E-state index in [0.717, 1.165) is 0 Å². The summed E-state index contributed by atoms with van der Waals surface area (Å²) >= 11 is 0. The Labute approximate surface area is 291 Å². The molecule has 13 atom stereocenters. The second kappa shape index (κ2) is 14.5. The highest BCUT2D eigenvalue weighted by Crippen LogP contribution is 2.44. The number of aliphatic hydroxyl groups excluding tert-OH is 1. The minimum absolute atomic E-state index is 0.00264. The first-order chi connectivity index (χ1) is 23.0. The zero-order valence-corrected chi connectivity index (χ0v) is 30.7. The monoisotopic (exact) mass is 721 g/mol. The van der Waals surface area contributed by atoms with Gasteiger partial charge in [0.25, 0.3) is 0 Å². The predicted octanol–water partition coefficient (Wildman–Crippen LogP) is 3.20. The van der Waals surface area contributed by atoms with E-state index in [1.54, 1.807) is 27.7 Å². The molecule has 0 aliphatic carbocycles. The molecule has 5 fully saturated rings. The maximum atomic E-state index is 14.6. The molecule has 16 heteroatoms. The molecule has 5 saturated heterocycles. The molecule has 5 heterocycles. The normalized spacial score (nSPS) is 43.7. The van der Waals surface area contributed by atoms with Crippen LogP contribution in [-0.4, -0.2) is 132 Å². The van der Waals surface area contributed by atoms with Crippen LogP contribution in [0.4, 0.5) is 18.0 Å². The Hall–Kier alpha value is -2.53. The minimum atomic E-state index is -5.25. The number of rotatable bonds is 4. The van der Waals surface area contributed by atoms with Gasteiger partial charge >= 0.3 is 24.1 Å². The number of nitrogens with one attached hydrogen (secondary N) is 1. The number of carbonyl (C=O) groups excluding carboxylic acids is 4. The van der Waals surface area contributed by atoms with Crippen LogP contribution in [0.5, 0.6) is 0 Å². The molecule has 13 nitrogen and oxygen atoms in total. The lowest BCUT2D eigenvalue weighted by molar-refractivity contribution is -0.300. The lowest BCUT2D eigenvalue weighted by Crippen LogP contribution is -2.63. The van der Waals surface area contributed by atoms with Gasteiger partial charge in [0.2, 0.25) is 0 Å². The Bertz CT molecular complexity index is 1300. The Balaban J connectivity index is 1.87. The van der Waals surface area contributed by atoms with Crippen LogP contribution in [-0.2, 0) is 38.1 Å². The van der Waals surface area contributed by atoms with E-state index < -0.39 is 102 Å². The van der Waals surface area contributed by atoms with Crippen molar-refractivity contribution in [3.8, 4) is 0 Å². The zero-order chi connectivity index (χ0) is 37.7. The number of likely N-dealkylation sites (N-methyl/N-ethyl adjacent to an activating group) is 1. The predicted molar refractivity (Wildman–Crippen MR) is 172 cm³/mol. The minimum Gasteiger partial charge on any atom is -0.457 e. The van der Waals surface area contributed by atoms with Crippen molar-refractivity contribution in [2.75, 3.05) is 27.2 Å². The fraction of sp³-hybridized carbons (Fsp3) is 0.882. The molecule has 0 aromatic heterocycles. The Morgan fingerprint density at radius 3 is 2.34 bits per heavy atom. The van der Waals surface area contributed by atoms with Gasteiger partial charge in [-0.15, -0.1) is 0 Å². The van der Waals surface area contributed by atoms with E-state index in [9.17, 15) is 37.5 Å². The molecule has 2 amide bonds. The van der Waals surface area contributed by atoms with Crippen molar-refractivity contribution in [1.82, 2.24) is 15.1 Å². The fourth-order valence-corrected chi connectivity index (χ4v) is 8.46. The number of aliphatic hydroxyl groups is 1.